The Bertz CT molecular complexity index is 683. The minimum atomic E-state index is -2.86. The second-order valence-electron chi connectivity index (χ2n) is 7.26. The molecule has 1 spiro atoms. The smallest absolute Gasteiger partial charge is 0.261 e. The van der Waals surface area contributed by atoms with Crippen LogP contribution in [-0.2, 0) is 11.3 Å². The van der Waals surface area contributed by atoms with Crippen LogP contribution in [0.5, 0.6) is 0 Å². The molecule has 0 bridgehead atoms. The van der Waals surface area contributed by atoms with Gasteiger partial charge in [0.25, 0.3) is 5.92 Å². The van der Waals surface area contributed by atoms with Gasteiger partial charge in [-0.15, -0.1) is 0 Å². The molecule has 3 rings (SSSR count). The van der Waals surface area contributed by atoms with E-state index in [9.17, 15) is 13.6 Å². The second-order valence-corrected chi connectivity index (χ2v) is 7.26. The van der Waals surface area contributed by atoms with Crippen molar-refractivity contribution < 1.29 is 13.6 Å². The van der Waals surface area contributed by atoms with Gasteiger partial charge in [0.2, 0.25) is 5.91 Å². The molecule has 134 valence electrons. The lowest BCUT2D eigenvalue weighted by atomic mass is 9.71. The standard InChI is InChI=1S/C19H23F2N3O/c1-2-24-9-3-8-18(17(24)25)12-19(20,21)14-23(13-18)11-16-6-4-15(10-22)5-7-16/h4-7H,2-3,8-9,11-14H2,1H3. The Morgan fingerprint density at radius 3 is 2.60 bits per heavy atom. The van der Waals surface area contributed by atoms with E-state index in [0.29, 0.717) is 38.2 Å². The molecule has 2 saturated heterocycles. The molecule has 0 N–H and O–H groups in total. The van der Waals surface area contributed by atoms with E-state index in [-0.39, 0.29) is 18.9 Å². The maximum atomic E-state index is 14.5. The number of nitrogens with zero attached hydrogens (tertiary/aromatic N) is 3. The molecule has 1 aromatic rings. The third-order valence-corrected chi connectivity index (χ3v) is 5.27. The summed E-state index contributed by atoms with van der Waals surface area (Å²) in [6.07, 6.45) is 0.960. The lowest BCUT2D eigenvalue weighted by Crippen LogP contribution is -2.60. The molecule has 2 heterocycles. The molecule has 1 amide bonds. The molecule has 0 aliphatic carbocycles. The van der Waals surface area contributed by atoms with Crippen molar-refractivity contribution in [3.63, 3.8) is 0 Å². The van der Waals surface area contributed by atoms with Crippen molar-refractivity contribution in [1.29, 1.82) is 5.26 Å². The maximum absolute atomic E-state index is 14.5. The minimum Gasteiger partial charge on any atom is -0.342 e. The zero-order valence-corrected chi connectivity index (χ0v) is 14.5. The third kappa shape index (κ3) is 3.67. The van der Waals surface area contributed by atoms with Gasteiger partial charge < -0.3 is 4.90 Å². The van der Waals surface area contributed by atoms with Gasteiger partial charge in [0.1, 0.15) is 0 Å². The number of likely N-dealkylation sites (tertiary alicyclic amines) is 2. The highest BCUT2D eigenvalue weighted by atomic mass is 19.3. The van der Waals surface area contributed by atoms with Gasteiger partial charge in [-0.25, -0.2) is 8.78 Å². The first-order valence-corrected chi connectivity index (χ1v) is 8.76. The maximum Gasteiger partial charge on any atom is 0.261 e. The van der Waals surface area contributed by atoms with Crippen LogP contribution in [0.4, 0.5) is 8.78 Å². The predicted octanol–water partition coefficient (Wildman–Crippen LogP) is 3.03. The number of amides is 1. The van der Waals surface area contributed by atoms with Crippen LogP contribution >= 0.6 is 0 Å². The Balaban J connectivity index is 1.81. The van der Waals surface area contributed by atoms with Crippen LogP contribution in [0.15, 0.2) is 24.3 Å². The molecule has 2 fully saturated rings. The molecule has 1 unspecified atom stereocenters. The van der Waals surface area contributed by atoms with Gasteiger partial charge in [0, 0.05) is 32.6 Å². The average Bonchev–Trinajstić information content (AvgIpc) is 2.57. The number of hydrogen-bond acceptors (Lipinski definition) is 3. The molecule has 4 nitrogen and oxygen atoms in total. The Kier molecular flexibility index (Phi) is 4.79. The monoisotopic (exact) mass is 347 g/mol. The SMILES string of the molecule is CCN1CCCC2(CN(Cc3ccc(C#N)cc3)CC(F)(F)C2)C1=O. The minimum absolute atomic E-state index is 0.120. The fourth-order valence-electron chi connectivity index (χ4n) is 4.24. The molecular weight excluding hydrogens is 324 g/mol. The largest absolute Gasteiger partial charge is 0.342 e. The average molecular weight is 347 g/mol. The van der Waals surface area contributed by atoms with Crippen molar-refractivity contribution in [2.75, 3.05) is 26.2 Å². The van der Waals surface area contributed by atoms with Gasteiger partial charge in [0.15, 0.2) is 0 Å². The number of alkyl halides is 2. The molecule has 2 aliphatic heterocycles. The third-order valence-electron chi connectivity index (χ3n) is 5.27. The summed E-state index contributed by atoms with van der Waals surface area (Å²) in [5, 5.41) is 8.86. The summed E-state index contributed by atoms with van der Waals surface area (Å²) >= 11 is 0. The summed E-state index contributed by atoms with van der Waals surface area (Å²) in [4.78, 5) is 16.2. The molecule has 0 saturated carbocycles. The van der Waals surface area contributed by atoms with E-state index >= 15 is 0 Å². The summed E-state index contributed by atoms with van der Waals surface area (Å²) in [5.41, 5.74) is 0.454. The zero-order valence-electron chi connectivity index (χ0n) is 14.5. The van der Waals surface area contributed by atoms with Crippen LogP contribution in [0.25, 0.3) is 0 Å². The number of piperidine rings is 2. The molecule has 1 atom stereocenters. The first kappa shape index (κ1) is 17.8. The van der Waals surface area contributed by atoms with E-state index in [1.165, 1.54) is 0 Å². The van der Waals surface area contributed by atoms with Crippen LogP contribution in [0.2, 0.25) is 0 Å². The first-order valence-electron chi connectivity index (χ1n) is 8.76. The Morgan fingerprint density at radius 2 is 1.96 bits per heavy atom. The van der Waals surface area contributed by atoms with Gasteiger partial charge in [-0.3, -0.25) is 9.69 Å². The molecule has 0 aromatic heterocycles. The number of rotatable bonds is 3. The van der Waals surface area contributed by atoms with Crippen LogP contribution in [0.1, 0.15) is 37.3 Å². The zero-order chi connectivity index (χ0) is 18.1. The predicted molar refractivity (Wildman–Crippen MR) is 89.9 cm³/mol. The van der Waals surface area contributed by atoms with E-state index in [0.717, 1.165) is 12.0 Å². The molecule has 6 heteroatoms. The van der Waals surface area contributed by atoms with Crippen LogP contribution in [-0.4, -0.2) is 47.8 Å². The van der Waals surface area contributed by atoms with Gasteiger partial charge in [-0.1, -0.05) is 12.1 Å². The summed E-state index contributed by atoms with van der Waals surface area (Å²) < 4.78 is 28.9. The van der Waals surface area contributed by atoms with Gasteiger partial charge in [-0.05, 0) is 37.5 Å². The summed E-state index contributed by atoms with van der Waals surface area (Å²) in [7, 11) is 0. The van der Waals surface area contributed by atoms with Crippen molar-refractivity contribution in [2.24, 2.45) is 5.41 Å². The highest BCUT2D eigenvalue weighted by molar-refractivity contribution is 5.84. The highest BCUT2D eigenvalue weighted by Gasteiger charge is 2.54. The molecule has 2 aliphatic rings. The van der Waals surface area contributed by atoms with Gasteiger partial charge >= 0.3 is 0 Å². The lowest BCUT2D eigenvalue weighted by molar-refractivity contribution is -0.170. The highest BCUT2D eigenvalue weighted by Crippen LogP contribution is 2.45. The molecule has 0 radical (unpaired) electrons. The molecule has 1 aromatic carbocycles. The summed E-state index contributed by atoms with van der Waals surface area (Å²) in [5.74, 6) is -2.98. The Labute approximate surface area is 147 Å². The van der Waals surface area contributed by atoms with Crippen molar-refractivity contribution >= 4 is 5.91 Å². The fraction of sp³-hybridized carbons (Fsp3) is 0.579. The van der Waals surface area contributed by atoms with Crippen molar-refractivity contribution in [3.05, 3.63) is 35.4 Å². The van der Waals surface area contributed by atoms with Crippen molar-refractivity contribution in [2.45, 2.75) is 38.7 Å². The van der Waals surface area contributed by atoms with Crippen LogP contribution < -0.4 is 0 Å². The van der Waals surface area contributed by atoms with E-state index in [1.807, 2.05) is 6.92 Å². The van der Waals surface area contributed by atoms with E-state index in [2.05, 4.69) is 6.07 Å². The van der Waals surface area contributed by atoms with Crippen LogP contribution in [0.3, 0.4) is 0 Å². The summed E-state index contributed by atoms with van der Waals surface area (Å²) in [6.45, 7) is 3.54. The van der Waals surface area contributed by atoms with E-state index in [1.54, 1.807) is 34.1 Å². The van der Waals surface area contributed by atoms with E-state index in [4.69, 9.17) is 5.26 Å². The Morgan fingerprint density at radius 1 is 1.24 bits per heavy atom. The number of nitriles is 1. The van der Waals surface area contributed by atoms with Crippen molar-refractivity contribution in [3.8, 4) is 6.07 Å². The number of carbonyl (C=O) groups is 1. The fourth-order valence-corrected chi connectivity index (χ4v) is 4.24. The van der Waals surface area contributed by atoms with Crippen molar-refractivity contribution in [1.82, 2.24) is 9.80 Å². The van der Waals surface area contributed by atoms with E-state index < -0.39 is 11.3 Å². The van der Waals surface area contributed by atoms with Gasteiger partial charge in [0.05, 0.1) is 23.6 Å². The summed E-state index contributed by atoms with van der Waals surface area (Å²) in [6, 6.07) is 9.02. The normalized spacial score (nSPS) is 26.6. The number of carbonyl (C=O) groups excluding carboxylic acids is 1. The number of halogens is 2. The Hall–Kier alpha value is -2.00. The second kappa shape index (κ2) is 6.72. The topological polar surface area (TPSA) is 47.3 Å². The van der Waals surface area contributed by atoms with Gasteiger partial charge in [-0.2, -0.15) is 5.26 Å². The quantitative estimate of drug-likeness (QED) is 0.844. The lowest BCUT2D eigenvalue weighted by Gasteiger charge is -2.49. The number of benzene rings is 1. The molecule has 25 heavy (non-hydrogen) atoms. The number of hydrogen-bond donors (Lipinski definition) is 0. The molecular formula is C19H23F2N3O. The first-order chi connectivity index (χ1) is 11.9. The van der Waals surface area contributed by atoms with Crippen LogP contribution in [0, 0.1) is 16.7 Å².